The number of benzene rings is 2. The molecule has 10 heteroatoms. The number of nitrogens with two attached hydrogens (primary N) is 1. The van der Waals surface area contributed by atoms with Gasteiger partial charge in [-0.25, -0.2) is 9.18 Å². The van der Waals surface area contributed by atoms with E-state index in [1.54, 1.807) is 31.2 Å². The zero-order chi connectivity index (χ0) is 23.1. The van der Waals surface area contributed by atoms with Crippen LogP contribution in [0.5, 0.6) is 11.5 Å². The fourth-order valence-electron chi connectivity index (χ4n) is 3.33. The molecule has 0 radical (unpaired) electrons. The van der Waals surface area contributed by atoms with Crippen molar-refractivity contribution in [1.29, 1.82) is 5.41 Å². The maximum atomic E-state index is 15.6. The molecule has 33 heavy (non-hydrogen) atoms. The number of anilines is 1. The number of carbonyl (C=O) groups excluding carboxylic acids is 1. The second-order valence-electron chi connectivity index (χ2n) is 7.18. The van der Waals surface area contributed by atoms with E-state index in [2.05, 4.69) is 5.32 Å². The van der Waals surface area contributed by atoms with E-state index in [0.717, 1.165) is 0 Å². The average Bonchev–Trinajstić information content (AvgIpc) is 3.28. The normalized spacial score (nSPS) is 15.8. The Morgan fingerprint density at radius 1 is 1.27 bits per heavy atom. The average molecular weight is 482 g/mol. The van der Waals surface area contributed by atoms with Gasteiger partial charge in [-0.05, 0) is 44.2 Å². The number of rotatable bonds is 10. The predicted octanol–water partition coefficient (Wildman–Crippen LogP) is 3.81. The van der Waals surface area contributed by atoms with Crippen molar-refractivity contribution in [3.63, 3.8) is 0 Å². The van der Waals surface area contributed by atoms with Crippen molar-refractivity contribution in [2.45, 2.75) is 32.4 Å². The van der Waals surface area contributed by atoms with E-state index >= 15 is 4.39 Å². The zero-order valence-corrected chi connectivity index (χ0v) is 19.4. The summed E-state index contributed by atoms with van der Waals surface area (Å²) in [6.07, 6.45) is 0.373. The van der Waals surface area contributed by atoms with Gasteiger partial charge in [0, 0.05) is 29.3 Å². The Labute approximate surface area is 198 Å². The van der Waals surface area contributed by atoms with Crippen LogP contribution in [0.1, 0.15) is 37.4 Å². The highest BCUT2D eigenvalue weighted by Crippen LogP contribution is 2.34. The molecule has 1 saturated heterocycles. The Morgan fingerprint density at radius 2 is 2.00 bits per heavy atom. The summed E-state index contributed by atoms with van der Waals surface area (Å²) in [5.74, 6) is -1.03. The molecule has 4 N–H and O–H groups in total. The van der Waals surface area contributed by atoms with Gasteiger partial charge in [0.15, 0.2) is 17.6 Å². The van der Waals surface area contributed by atoms with Crippen LogP contribution in [0, 0.1) is 11.2 Å². The first-order chi connectivity index (χ1) is 15.4. The number of nitrogens with one attached hydrogen (secondary N) is 2. The molecule has 1 aliphatic rings. The number of nitrogen functional groups attached to an aromatic ring is 1. The van der Waals surface area contributed by atoms with Gasteiger partial charge in [0.05, 0.1) is 26.4 Å². The molecule has 180 valence electrons. The van der Waals surface area contributed by atoms with Crippen LogP contribution in [0.15, 0.2) is 36.4 Å². The summed E-state index contributed by atoms with van der Waals surface area (Å²) < 4.78 is 37.5. The molecule has 0 aromatic heterocycles. The highest BCUT2D eigenvalue weighted by molar-refractivity contribution is 5.95. The molecule has 0 spiro atoms. The minimum absolute atomic E-state index is 0. The van der Waals surface area contributed by atoms with E-state index in [9.17, 15) is 4.79 Å². The molecule has 0 saturated carbocycles. The molecule has 2 aromatic carbocycles. The number of carbonyl (C=O) groups is 1. The quantitative estimate of drug-likeness (QED) is 0.268. The largest absolute Gasteiger partial charge is 0.494 e. The molecule has 2 aromatic rings. The summed E-state index contributed by atoms with van der Waals surface area (Å²) in [7, 11) is 0. The molecule has 0 aliphatic carbocycles. The third-order valence-electron chi connectivity index (χ3n) is 4.87. The number of halogens is 2. The van der Waals surface area contributed by atoms with Crippen molar-refractivity contribution >= 4 is 29.9 Å². The highest BCUT2D eigenvalue weighted by atomic mass is 35.5. The number of ether oxygens (including phenoxy) is 4. The van der Waals surface area contributed by atoms with Crippen molar-refractivity contribution in [3.05, 3.63) is 53.3 Å². The van der Waals surface area contributed by atoms with Crippen LogP contribution < -0.4 is 20.5 Å². The topological polar surface area (TPSA) is 116 Å². The maximum absolute atomic E-state index is 15.6. The van der Waals surface area contributed by atoms with Crippen LogP contribution >= 0.6 is 12.4 Å². The number of esters is 1. The molecule has 8 nitrogen and oxygen atoms in total. The Balaban J connectivity index is 0.00000385. The summed E-state index contributed by atoms with van der Waals surface area (Å²) in [4.78, 5) is 12.8. The molecule has 1 fully saturated rings. The summed E-state index contributed by atoms with van der Waals surface area (Å²) in [6.45, 7) is 4.91. The zero-order valence-electron chi connectivity index (χ0n) is 18.6. The molecular formula is C23H29ClFN3O5. The van der Waals surface area contributed by atoms with Gasteiger partial charge in [-0.1, -0.05) is 0 Å². The fourth-order valence-corrected chi connectivity index (χ4v) is 3.33. The van der Waals surface area contributed by atoms with Gasteiger partial charge >= 0.3 is 5.97 Å². The van der Waals surface area contributed by atoms with Gasteiger partial charge in [0.25, 0.3) is 0 Å². The van der Waals surface area contributed by atoms with Gasteiger partial charge in [-0.2, -0.15) is 0 Å². The van der Waals surface area contributed by atoms with Gasteiger partial charge in [0.1, 0.15) is 17.7 Å². The van der Waals surface area contributed by atoms with E-state index in [4.69, 9.17) is 30.1 Å². The lowest BCUT2D eigenvalue weighted by Gasteiger charge is -2.22. The van der Waals surface area contributed by atoms with Crippen LogP contribution in [0.2, 0.25) is 0 Å². The number of amidine groups is 1. The van der Waals surface area contributed by atoms with Gasteiger partial charge in [-0.15, -0.1) is 12.4 Å². The molecule has 0 bridgehead atoms. The number of hydrogen-bond donors (Lipinski definition) is 3. The van der Waals surface area contributed by atoms with Crippen molar-refractivity contribution in [3.8, 4) is 11.5 Å². The van der Waals surface area contributed by atoms with Crippen LogP contribution in [-0.2, 0) is 14.3 Å². The second-order valence-corrected chi connectivity index (χ2v) is 7.18. The molecule has 1 heterocycles. The predicted molar refractivity (Wildman–Crippen MR) is 125 cm³/mol. The van der Waals surface area contributed by atoms with Crippen LogP contribution in [0.3, 0.4) is 0 Å². The van der Waals surface area contributed by atoms with E-state index in [1.165, 1.54) is 12.1 Å². The van der Waals surface area contributed by atoms with E-state index in [1.807, 2.05) is 6.92 Å². The van der Waals surface area contributed by atoms with Crippen molar-refractivity contribution in [2.24, 2.45) is 5.73 Å². The molecule has 2 atom stereocenters. The van der Waals surface area contributed by atoms with Crippen LogP contribution in [0.4, 0.5) is 10.1 Å². The standard InChI is InChI=1S/C23H28FN3O5.ClH/c1-3-30-17-11-18(20(24)19(12-17)32-16-9-10-29-13-16)21(23(28)31-4-2)27-15-7-5-14(6-8-15)22(25)26;/h5-8,11-12,16,21,27H,3-4,9-10,13H2,1-2H3,(H3,25,26);1H/t16-,21?;/m0./s1. The lowest BCUT2D eigenvalue weighted by Crippen LogP contribution is -2.25. The smallest absolute Gasteiger partial charge is 0.333 e. The first-order valence-electron chi connectivity index (χ1n) is 10.5. The third-order valence-corrected chi connectivity index (χ3v) is 4.87. The van der Waals surface area contributed by atoms with E-state index in [0.29, 0.717) is 43.2 Å². The molecule has 3 rings (SSSR count). The maximum Gasteiger partial charge on any atom is 0.333 e. The van der Waals surface area contributed by atoms with Gasteiger partial charge < -0.3 is 30.0 Å². The minimum atomic E-state index is -1.15. The third kappa shape index (κ3) is 6.72. The highest BCUT2D eigenvalue weighted by Gasteiger charge is 2.29. The van der Waals surface area contributed by atoms with E-state index < -0.39 is 17.8 Å². The monoisotopic (exact) mass is 481 g/mol. The Bertz CT molecular complexity index is 952. The lowest BCUT2D eigenvalue weighted by molar-refractivity contribution is -0.144. The van der Waals surface area contributed by atoms with Crippen molar-refractivity contribution in [1.82, 2.24) is 0 Å². The molecule has 0 amide bonds. The SMILES string of the molecule is CCOC(=O)C(Nc1ccc(C(=N)N)cc1)c1cc(OCC)cc(O[C@H]2CCOC2)c1F.Cl. The Kier molecular flexibility index (Phi) is 9.74. The molecule has 1 unspecified atom stereocenters. The van der Waals surface area contributed by atoms with Gasteiger partial charge in [0.2, 0.25) is 0 Å². The summed E-state index contributed by atoms with van der Waals surface area (Å²) in [5.41, 5.74) is 6.59. The van der Waals surface area contributed by atoms with E-state index in [-0.39, 0.29) is 42.3 Å². The van der Waals surface area contributed by atoms with Crippen LogP contribution in [0.25, 0.3) is 0 Å². The number of hydrogen-bond acceptors (Lipinski definition) is 7. The molecular weight excluding hydrogens is 453 g/mol. The minimum Gasteiger partial charge on any atom is -0.494 e. The second kappa shape index (κ2) is 12.3. The summed E-state index contributed by atoms with van der Waals surface area (Å²) in [6, 6.07) is 8.37. The fraction of sp³-hybridized carbons (Fsp3) is 0.391. The summed E-state index contributed by atoms with van der Waals surface area (Å²) >= 11 is 0. The lowest BCUT2D eigenvalue weighted by atomic mass is 10.0. The Morgan fingerprint density at radius 3 is 2.58 bits per heavy atom. The summed E-state index contributed by atoms with van der Waals surface area (Å²) in [5, 5.41) is 10.5. The van der Waals surface area contributed by atoms with Crippen molar-refractivity contribution < 1.29 is 28.1 Å². The van der Waals surface area contributed by atoms with Crippen molar-refractivity contribution in [2.75, 3.05) is 31.7 Å². The first kappa shape index (κ1) is 26.2. The van der Waals surface area contributed by atoms with Crippen LogP contribution in [-0.4, -0.2) is 44.3 Å². The molecule has 1 aliphatic heterocycles. The van der Waals surface area contributed by atoms with Gasteiger partial charge in [-0.3, -0.25) is 5.41 Å². The first-order valence-corrected chi connectivity index (χ1v) is 10.5. The Hall–Kier alpha value is -3.04.